The number of rotatable bonds is 12. The van der Waals surface area contributed by atoms with Crippen molar-refractivity contribution in [1.82, 2.24) is 15.5 Å². The Morgan fingerprint density at radius 2 is 1.96 bits per heavy atom. The van der Waals surface area contributed by atoms with Gasteiger partial charge >= 0.3 is 0 Å². The number of para-hydroxylation sites is 2. The van der Waals surface area contributed by atoms with Crippen LogP contribution >= 0.6 is 11.8 Å². The molecular formula is C18H29N3O4S. The Kier molecular flexibility index (Phi) is 9.62. The Bertz CT molecular complexity index is 547. The lowest BCUT2D eigenvalue weighted by atomic mass is 10.3. The topological polar surface area (TPSA) is 83.1 Å². The quantitative estimate of drug-likeness (QED) is 0.454. The summed E-state index contributed by atoms with van der Waals surface area (Å²) in [7, 11) is 1.62. The van der Waals surface area contributed by atoms with E-state index in [0.717, 1.165) is 25.4 Å². The van der Waals surface area contributed by atoms with Crippen LogP contribution in [-0.4, -0.2) is 80.1 Å². The van der Waals surface area contributed by atoms with Crippen LogP contribution in [0.25, 0.3) is 0 Å². The van der Waals surface area contributed by atoms with Crippen molar-refractivity contribution in [2.45, 2.75) is 11.8 Å². The predicted octanol–water partition coefficient (Wildman–Crippen LogP) is 0.537. The lowest BCUT2D eigenvalue weighted by molar-refractivity contribution is -0.131. The highest BCUT2D eigenvalue weighted by molar-refractivity contribution is 8.00. The van der Waals surface area contributed by atoms with Crippen LogP contribution in [0.1, 0.15) is 6.42 Å². The highest BCUT2D eigenvalue weighted by Gasteiger charge is 2.29. The van der Waals surface area contributed by atoms with Gasteiger partial charge in [-0.3, -0.25) is 4.79 Å². The summed E-state index contributed by atoms with van der Waals surface area (Å²) >= 11 is 1.75. The maximum atomic E-state index is 12.5. The highest BCUT2D eigenvalue weighted by atomic mass is 32.2. The van der Waals surface area contributed by atoms with Gasteiger partial charge in [-0.05, 0) is 12.1 Å². The van der Waals surface area contributed by atoms with Gasteiger partial charge in [0.1, 0.15) is 12.0 Å². The van der Waals surface area contributed by atoms with Crippen LogP contribution in [0.4, 0.5) is 0 Å². The van der Waals surface area contributed by atoms with Gasteiger partial charge in [0.05, 0.1) is 13.7 Å². The molecule has 1 atom stereocenters. The van der Waals surface area contributed by atoms with E-state index in [2.05, 4.69) is 10.6 Å². The van der Waals surface area contributed by atoms with Crippen LogP contribution in [0.3, 0.4) is 0 Å². The molecule has 0 aromatic heterocycles. The van der Waals surface area contributed by atoms with Crippen LogP contribution in [0, 0.1) is 0 Å². The van der Waals surface area contributed by atoms with Gasteiger partial charge in [-0.15, -0.1) is 11.8 Å². The number of carbonyl (C=O) groups excluding carboxylic acids is 1. The average molecular weight is 384 g/mol. The van der Waals surface area contributed by atoms with E-state index in [1.54, 1.807) is 18.9 Å². The number of benzene rings is 1. The van der Waals surface area contributed by atoms with Crippen molar-refractivity contribution in [3.8, 4) is 11.5 Å². The zero-order valence-electron chi connectivity index (χ0n) is 15.3. The summed E-state index contributed by atoms with van der Waals surface area (Å²) < 4.78 is 11.2. The third-order valence-corrected chi connectivity index (χ3v) is 5.24. The molecular weight excluding hydrogens is 354 g/mol. The monoisotopic (exact) mass is 383 g/mol. The summed E-state index contributed by atoms with van der Waals surface area (Å²) in [6, 6.07) is 7.54. The van der Waals surface area contributed by atoms with E-state index >= 15 is 0 Å². The molecule has 1 aromatic rings. The SMILES string of the molecule is COc1ccccc1OCC1SCCN1C(=O)CCNCCNCCO. The van der Waals surface area contributed by atoms with Crippen LogP contribution in [0.15, 0.2) is 24.3 Å². The third kappa shape index (κ3) is 6.68. The van der Waals surface area contributed by atoms with E-state index in [1.807, 2.05) is 29.2 Å². The van der Waals surface area contributed by atoms with Crippen molar-refractivity contribution in [1.29, 1.82) is 0 Å². The largest absolute Gasteiger partial charge is 0.493 e. The average Bonchev–Trinajstić information content (AvgIpc) is 3.14. The van der Waals surface area contributed by atoms with Crippen molar-refractivity contribution in [2.24, 2.45) is 0 Å². The van der Waals surface area contributed by atoms with Crippen LogP contribution in [0.2, 0.25) is 0 Å². The number of carbonyl (C=O) groups is 1. The van der Waals surface area contributed by atoms with Crippen molar-refractivity contribution < 1.29 is 19.4 Å². The Hall–Kier alpha value is -1.48. The van der Waals surface area contributed by atoms with Gasteiger partial charge in [-0.1, -0.05) is 12.1 Å². The first kappa shape index (κ1) is 20.8. The van der Waals surface area contributed by atoms with Gasteiger partial charge in [-0.2, -0.15) is 0 Å². The number of aliphatic hydroxyl groups is 1. The normalized spacial score (nSPS) is 16.7. The minimum absolute atomic E-state index is 0.0404. The number of aliphatic hydroxyl groups excluding tert-OH is 1. The van der Waals surface area contributed by atoms with Gasteiger partial charge in [0.2, 0.25) is 5.91 Å². The maximum absolute atomic E-state index is 12.5. The summed E-state index contributed by atoms with van der Waals surface area (Å²) in [5, 5.41) is 15.1. The predicted molar refractivity (Wildman–Crippen MR) is 104 cm³/mol. The second-order valence-corrected chi connectivity index (χ2v) is 7.13. The zero-order valence-corrected chi connectivity index (χ0v) is 16.1. The molecule has 0 spiro atoms. The standard InChI is InChI=1S/C18H29N3O4S/c1-24-15-4-2-3-5-16(15)25-14-18-21(11-13-26-18)17(23)6-7-19-8-9-20-10-12-22/h2-5,18-20,22H,6-14H2,1H3. The molecule has 1 fully saturated rings. The first-order valence-corrected chi connectivity index (χ1v) is 10.0. The molecule has 7 nitrogen and oxygen atoms in total. The number of nitrogens with one attached hydrogen (secondary N) is 2. The zero-order chi connectivity index (χ0) is 18.6. The van der Waals surface area contributed by atoms with E-state index in [1.165, 1.54) is 0 Å². The van der Waals surface area contributed by atoms with Gasteiger partial charge in [-0.25, -0.2) is 0 Å². The van der Waals surface area contributed by atoms with Crippen molar-refractivity contribution in [3.63, 3.8) is 0 Å². The number of ether oxygens (including phenoxy) is 2. The minimum Gasteiger partial charge on any atom is -0.493 e. The Morgan fingerprint density at radius 1 is 1.23 bits per heavy atom. The third-order valence-electron chi connectivity index (χ3n) is 4.04. The van der Waals surface area contributed by atoms with Crippen molar-refractivity contribution in [2.75, 3.05) is 58.8 Å². The van der Waals surface area contributed by atoms with Gasteiger partial charge in [0.15, 0.2) is 11.5 Å². The second kappa shape index (κ2) is 12.0. The van der Waals surface area contributed by atoms with Gasteiger partial charge < -0.3 is 30.1 Å². The first-order chi connectivity index (χ1) is 12.8. The molecule has 0 radical (unpaired) electrons. The minimum atomic E-state index is 0.0404. The van der Waals surface area contributed by atoms with E-state index < -0.39 is 0 Å². The van der Waals surface area contributed by atoms with E-state index in [0.29, 0.717) is 37.6 Å². The smallest absolute Gasteiger partial charge is 0.224 e. The summed E-state index contributed by atoms with van der Waals surface area (Å²) in [5.74, 6) is 2.49. The van der Waals surface area contributed by atoms with Crippen LogP contribution in [0.5, 0.6) is 11.5 Å². The Morgan fingerprint density at radius 3 is 2.69 bits per heavy atom. The Balaban J connectivity index is 1.70. The van der Waals surface area contributed by atoms with Crippen LogP contribution in [-0.2, 0) is 4.79 Å². The maximum Gasteiger partial charge on any atom is 0.224 e. The van der Waals surface area contributed by atoms with E-state index in [4.69, 9.17) is 14.6 Å². The second-order valence-electron chi connectivity index (χ2n) is 5.85. The number of nitrogens with zero attached hydrogens (tertiary/aromatic N) is 1. The highest BCUT2D eigenvalue weighted by Crippen LogP contribution is 2.29. The molecule has 0 aliphatic carbocycles. The molecule has 2 rings (SSSR count). The molecule has 1 unspecified atom stereocenters. The number of hydrogen-bond acceptors (Lipinski definition) is 7. The molecule has 0 saturated carbocycles. The number of thioether (sulfide) groups is 1. The van der Waals surface area contributed by atoms with Crippen molar-refractivity contribution >= 4 is 17.7 Å². The van der Waals surface area contributed by atoms with E-state index in [9.17, 15) is 4.79 Å². The lowest BCUT2D eigenvalue weighted by Gasteiger charge is -2.24. The van der Waals surface area contributed by atoms with Crippen LogP contribution < -0.4 is 20.1 Å². The first-order valence-electron chi connectivity index (χ1n) is 8.95. The summed E-state index contributed by atoms with van der Waals surface area (Å²) in [6.45, 7) is 4.17. The molecule has 1 aliphatic heterocycles. The number of hydrogen-bond donors (Lipinski definition) is 3. The number of methoxy groups -OCH3 is 1. The molecule has 1 aliphatic rings. The summed E-state index contributed by atoms with van der Waals surface area (Å²) in [5.41, 5.74) is 0. The molecule has 1 aromatic carbocycles. The van der Waals surface area contributed by atoms with E-state index in [-0.39, 0.29) is 17.9 Å². The van der Waals surface area contributed by atoms with Gasteiger partial charge in [0, 0.05) is 44.9 Å². The summed E-state index contributed by atoms with van der Waals surface area (Å²) in [6.07, 6.45) is 0.478. The molecule has 146 valence electrons. The van der Waals surface area contributed by atoms with Crippen molar-refractivity contribution in [3.05, 3.63) is 24.3 Å². The molecule has 1 amide bonds. The number of amides is 1. The fourth-order valence-corrected chi connectivity index (χ4v) is 3.83. The molecule has 3 N–H and O–H groups in total. The molecule has 8 heteroatoms. The van der Waals surface area contributed by atoms with Gasteiger partial charge in [0.25, 0.3) is 0 Å². The fourth-order valence-electron chi connectivity index (χ4n) is 2.69. The molecule has 1 saturated heterocycles. The molecule has 26 heavy (non-hydrogen) atoms. The Labute approximate surface area is 159 Å². The lowest BCUT2D eigenvalue weighted by Crippen LogP contribution is -2.39. The molecule has 1 heterocycles. The molecule has 0 bridgehead atoms. The summed E-state index contributed by atoms with van der Waals surface area (Å²) in [4.78, 5) is 14.4. The fraction of sp³-hybridized carbons (Fsp3) is 0.611.